The summed E-state index contributed by atoms with van der Waals surface area (Å²) < 4.78 is 30.5. The van der Waals surface area contributed by atoms with Gasteiger partial charge in [-0.3, -0.25) is 4.98 Å². The van der Waals surface area contributed by atoms with Crippen molar-refractivity contribution in [3.05, 3.63) is 39.3 Å². The maximum absolute atomic E-state index is 14.3. The number of nitrogens with zero attached hydrogens (tertiary/aromatic N) is 2. The van der Waals surface area contributed by atoms with E-state index in [-0.39, 0.29) is 9.09 Å². The van der Waals surface area contributed by atoms with Crippen molar-refractivity contribution in [1.82, 2.24) is 4.98 Å². The first-order valence-electron chi connectivity index (χ1n) is 9.87. The fraction of sp³-hybridized carbons (Fsp3) is 0.500. The monoisotopic (exact) mass is 452 g/mol. The lowest BCUT2D eigenvalue weighted by Crippen LogP contribution is -2.19. The smallest absolute Gasteiger partial charge is 0.354 e. The second kappa shape index (κ2) is 7.37. The van der Waals surface area contributed by atoms with E-state index in [2.05, 4.69) is 9.68 Å². The Morgan fingerprint density at radius 3 is 2.73 bits per heavy atom. The number of thiophene rings is 1. The van der Waals surface area contributed by atoms with Crippen molar-refractivity contribution in [2.45, 2.75) is 68.6 Å². The molecule has 1 atom stereocenters. The van der Waals surface area contributed by atoms with Crippen LogP contribution >= 0.6 is 11.3 Å². The lowest BCUT2D eigenvalue weighted by atomic mass is 10.0. The Hall–Kier alpha value is -1.88. The molecule has 0 aliphatic heterocycles. The molecule has 2 aliphatic carbocycles. The molecule has 0 aromatic carbocycles. The van der Waals surface area contributed by atoms with Crippen LogP contribution in [0, 0.1) is 12.7 Å². The lowest BCUT2D eigenvalue weighted by molar-refractivity contribution is 0.0823. The SMILES string of the molecule is Cc1c(C2CC2)nc2c(c1NC(=O)N=[S@@](N)(=O)c1sc(C(C)(C)O)cc1F)CCC2. The van der Waals surface area contributed by atoms with Crippen LogP contribution in [-0.4, -0.2) is 20.3 Å². The number of carbonyl (C=O) groups excluding carboxylic acids is 1. The highest BCUT2D eigenvalue weighted by Gasteiger charge is 2.31. The second-order valence-corrected chi connectivity index (χ2v) is 11.5. The second-order valence-electron chi connectivity index (χ2n) is 8.45. The standard InChI is InChI=1S/C20H25FN4O3S2/c1-10-16(11-7-8-11)23-14-6-4-5-12(14)17(10)24-19(26)25-30(22,28)18-13(21)9-15(29-18)20(2,3)27/h9,11,27H,4-8H2,1-3H3,(H3,22,23,24,25,26,28)/t30-/m1/s1. The van der Waals surface area contributed by atoms with Gasteiger partial charge in [-0.25, -0.2) is 18.5 Å². The van der Waals surface area contributed by atoms with Crippen LogP contribution < -0.4 is 10.5 Å². The van der Waals surface area contributed by atoms with Crippen molar-refractivity contribution in [3.63, 3.8) is 0 Å². The molecule has 2 aromatic heterocycles. The lowest BCUT2D eigenvalue weighted by Gasteiger charge is -2.16. The molecule has 4 rings (SSSR count). The number of nitrogens with one attached hydrogen (secondary N) is 1. The van der Waals surface area contributed by atoms with E-state index in [0.717, 1.165) is 72.0 Å². The van der Waals surface area contributed by atoms with Gasteiger partial charge >= 0.3 is 6.03 Å². The molecule has 7 nitrogen and oxygen atoms in total. The van der Waals surface area contributed by atoms with Crippen LogP contribution in [-0.2, 0) is 28.4 Å². The van der Waals surface area contributed by atoms with Crippen molar-refractivity contribution in [1.29, 1.82) is 0 Å². The number of anilines is 1. The number of aryl methyl sites for hydroxylation is 1. The first-order chi connectivity index (χ1) is 14.0. The van der Waals surface area contributed by atoms with Gasteiger partial charge in [0, 0.05) is 22.2 Å². The van der Waals surface area contributed by atoms with Gasteiger partial charge < -0.3 is 10.4 Å². The molecular weight excluding hydrogens is 427 g/mol. The molecule has 2 heterocycles. The average molecular weight is 453 g/mol. The third kappa shape index (κ3) is 4.01. The quantitative estimate of drug-likeness (QED) is 0.647. The van der Waals surface area contributed by atoms with Crippen molar-refractivity contribution in [2.24, 2.45) is 9.50 Å². The Balaban J connectivity index is 1.68. The van der Waals surface area contributed by atoms with Gasteiger partial charge in [0.05, 0.1) is 11.3 Å². The van der Waals surface area contributed by atoms with Crippen LogP contribution in [0.3, 0.4) is 0 Å². The van der Waals surface area contributed by atoms with E-state index in [0.29, 0.717) is 11.6 Å². The summed E-state index contributed by atoms with van der Waals surface area (Å²) >= 11 is 0.750. The predicted molar refractivity (Wildman–Crippen MR) is 115 cm³/mol. The van der Waals surface area contributed by atoms with E-state index in [9.17, 15) is 18.5 Å². The van der Waals surface area contributed by atoms with Crippen molar-refractivity contribution in [3.8, 4) is 0 Å². The summed E-state index contributed by atoms with van der Waals surface area (Å²) in [5, 5.41) is 18.6. The number of amides is 2. The van der Waals surface area contributed by atoms with Gasteiger partial charge in [-0.05, 0) is 70.1 Å². The summed E-state index contributed by atoms with van der Waals surface area (Å²) in [6.45, 7) is 4.88. The van der Waals surface area contributed by atoms with Crippen molar-refractivity contribution < 1.29 is 18.5 Å². The number of fused-ring (bicyclic) bond motifs is 1. The van der Waals surface area contributed by atoms with Gasteiger partial charge in [0.25, 0.3) is 0 Å². The van der Waals surface area contributed by atoms with E-state index < -0.39 is 27.4 Å². The zero-order chi connectivity index (χ0) is 21.8. The summed E-state index contributed by atoms with van der Waals surface area (Å²) in [6, 6.07) is 0.187. The van der Waals surface area contributed by atoms with Crippen molar-refractivity contribution >= 4 is 33.0 Å². The number of aliphatic hydroxyl groups is 1. The first kappa shape index (κ1) is 21.4. The number of carbonyl (C=O) groups is 1. The maximum Gasteiger partial charge on any atom is 0.354 e. The Bertz CT molecular complexity index is 1160. The normalized spacial score (nSPS) is 18.1. The Morgan fingerprint density at radius 1 is 1.43 bits per heavy atom. The average Bonchev–Trinajstić information content (AvgIpc) is 3.20. The van der Waals surface area contributed by atoms with E-state index in [1.807, 2.05) is 6.92 Å². The molecule has 2 aliphatic rings. The van der Waals surface area contributed by atoms with E-state index >= 15 is 0 Å². The molecular formula is C20H25FN4O3S2. The molecule has 0 unspecified atom stereocenters. The third-order valence-corrected chi connectivity index (χ3v) is 8.79. The summed E-state index contributed by atoms with van der Waals surface area (Å²) in [6.07, 6.45) is 4.80. The van der Waals surface area contributed by atoms with Gasteiger partial charge in [0.1, 0.15) is 0 Å². The number of rotatable bonds is 4. The summed E-state index contributed by atoms with van der Waals surface area (Å²) in [7, 11) is -3.81. The third-order valence-electron chi connectivity index (χ3n) is 5.44. The Labute approximate surface area is 179 Å². The molecule has 0 radical (unpaired) electrons. The van der Waals surface area contributed by atoms with Crippen LogP contribution in [0.5, 0.6) is 0 Å². The van der Waals surface area contributed by atoms with Gasteiger partial charge in [-0.15, -0.1) is 15.7 Å². The van der Waals surface area contributed by atoms with E-state index in [1.54, 1.807) is 0 Å². The number of aromatic nitrogens is 1. The molecule has 10 heteroatoms. The van der Waals surface area contributed by atoms with E-state index in [4.69, 9.17) is 10.1 Å². The van der Waals surface area contributed by atoms with Crippen LogP contribution in [0.4, 0.5) is 14.9 Å². The molecule has 0 spiro atoms. The highest BCUT2D eigenvalue weighted by Crippen LogP contribution is 2.44. The zero-order valence-corrected chi connectivity index (χ0v) is 18.8. The Morgan fingerprint density at radius 2 is 2.13 bits per heavy atom. The molecule has 30 heavy (non-hydrogen) atoms. The molecule has 2 aromatic rings. The minimum absolute atomic E-state index is 0.251. The van der Waals surface area contributed by atoms with Crippen LogP contribution in [0.15, 0.2) is 14.6 Å². The molecule has 1 saturated carbocycles. The van der Waals surface area contributed by atoms with Crippen molar-refractivity contribution in [2.75, 3.05) is 5.32 Å². The topological polar surface area (TPSA) is 118 Å². The molecule has 0 bridgehead atoms. The molecule has 4 N–H and O–H groups in total. The highest BCUT2D eigenvalue weighted by atomic mass is 32.2. The molecule has 162 valence electrons. The summed E-state index contributed by atoms with van der Waals surface area (Å²) in [5.74, 6) is -0.430. The largest absolute Gasteiger partial charge is 0.385 e. The number of nitrogens with two attached hydrogens (primary N) is 1. The number of halogens is 1. The van der Waals surface area contributed by atoms with Crippen LogP contribution in [0.25, 0.3) is 0 Å². The molecule has 2 amide bonds. The number of urea groups is 1. The zero-order valence-electron chi connectivity index (χ0n) is 17.1. The van der Waals surface area contributed by atoms with Crippen LogP contribution in [0.2, 0.25) is 0 Å². The van der Waals surface area contributed by atoms with Gasteiger partial charge in [-0.2, -0.15) is 0 Å². The van der Waals surface area contributed by atoms with Crippen LogP contribution in [0.1, 0.15) is 66.4 Å². The molecule has 1 fully saturated rings. The fourth-order valence-electron chi connectivity index (χ4n) is 3.77. The summed E-state index contributed by atoms with van der Waals surface area (Å²) in [5.41, 5.74) is 3.21. The van der Waals surface area contributed by atoms with E-state index in [1.165, 1.54) is 13.8 Å². The van der Waals surface area contributed by atoms with Gasteiger partial charge in [-0.1, -0.05) is 0 Å². The minimum Gasteiger partial charge on any atom is -0.385 e. The number of hydrogen-bond acceptors (Lipinski definition) is 5. The first-order valence-corrected chi connectivity index (χ1v) is 12.3. The minimum atomic E-state index is -3.81. The summed E-state index contributed by atoms with van der Waals surface area (Å²) in [4.78, 5) is 17.7. The number of hydrogen-bond donors (Lipinski definition) is 3. The Kier molecular flexibility index (Phi) is 5.24. The van der Waals surface area contributed by atoms with Gasteiger partial charge in [0.15, 0.2) is 19.9 Å². The molecule has 0 saturated heterocycles. The fourth-order valence-corrected chi connectivity index (χ4v) is 6.12. The maximum atomic E-state index is 14.3. The number of pyridine rings is 1. The van der Waals surface area contributed by atoms with Gasteiger partial charge in [0.2, 0.25) is 0 Å². The predicted octanol–water partition coefficient (Wildman–Crippen LogP) is 4.12. The highest BCUT2D eigenvalue weighted by molar-refractivity contribution is 7.93.